The van der Waals surface area contributed by atoms with Gasteiger partial charge in [0.15, 0.2) is 6.61 Å². The molecule has 0 unspecified atom stereocenters. The van der Waals surface area contributed by atoms with Crippen LogP contribution in [-0.2, 0) is 4.79 Å². The molecule has 2 aliphatic rings. The van der Waals surface area contributed by atoms with Crippen molar-refractivity contribution in [3.8, 4) is 5.75 Å². The Labute approximate surface area is 159 Å². The Bertz CT molecular complexity index is 539. The van der Waals surface area contributed by atoms with Gasteiger partial charge < -0.3 is 15.0 Å². The van der Waals surface area contributed by atoms with Gasteiger partial charge in [-0.25, -0.2) is 0 Å². The van der Waals surface area contributed by atoms with E-state index < -0.39 is 0 Å². The summed E-state index contributed by atoms with van der Waals surface area (Å²) in [7, 11) is 1.99. The third-order valence-electron chi connectivity index (χ3n) is 4.80. The molecule has 138 valence electrons. The van der Waals surface area contributed by atoms with Gasteiger partial charge in [-0.1, -0.05) is 12.1 Å². The number of likely N-dealkylation sites (tertiary alicyclic amines) is 1. The average Bonchev–Trinajstić information content (AvgIpc) is 2.68. The van der Waals surface area contributed by atoms with E-state index in [0.29, 0.717) is 10.5 Å². The monoisotopic (exact) mass is 380 g/mol. The lowest BCUT2D eigenvalue weighted by atomic mass is 9.97. The minimum Gasteiger partial charge on any atom is -0.484 e. The highest BCUT2D eigenvalue weighted by Gasteiger charge is 2.22. The number of hydrogen-bond donors (Lipinski definition) is 1. The molecule has 6 heteroatoms. The molecule has 2 fully saturated rings. The minimum absolute atomic E-state index is 0.102. The number of rotatable bonds is 6. The fourth-order valence-corrected chi connectivity index (χ4v) is 6.21. The van der Waals surface area contributed by atoms with Crippen LogP contribution in [0.4, 0.5) is 0 Å². The van der Waals surface area contributed by atoms with Crippen molar-refractivity contribution in [2.24, 2.45) is 5.92 Å². The van der Waals surface area contributed by atoms with E-state index in [1.165, 1.54) is 23.5 Å². The molecule has 2 saturated heterocycles. The summed E-state index contributed by atoms with van der Waals surface area (Å²) in [5.41, 5.74) is 1.35. The van der Waals surface area contributed by atoms with Gasteiger partial charge in [0.2, 0.25) is 0 Å². The van der Waals surface area contributed by atoms with E-state index in [2.05, 4.69) is 17.4 Å². The standard InChI is InChI=1S/C19H28N2O2S2/c1-20-13-15-7-9-21(10-8-15)18(22)14-23-17-5-3-16(4-6-17)19-24-11-2-12-25-19/h3-6,15,19-20H,2,7-14H2,1H3. The number of carbonyl (C=O) groups is 1. The second kappa shape index (κ2) is 9.74. The summed E-state index contributed by atoms with van der Waals surface area (Å²) >= 11 is 4.04. The highest BCUT2D eigenvalue weighted by Crippen LogP contribution is 2.43. The van der Waals surface area contributed by atoms with Gasteiger partial charge in [0.25, 0.3) is 5.91 Å². The summed E-state index contributed by atoms with van der Waals surface area (Å²) in [6, 6.07) is 8.27. The summed E-state index contributed by atoms with van der Waals surface area (Å²) in [5.74, 6) is 4.07. The van der Waals surface area contributed by atoms with Crippen molar-refractivity contribution >= 4 is 29.4 Å². The van der Waals surface area contributed by atoms with E-state index >= 15 is 0 Å². The molecule has 0 radical (unpaired) electrons. The van der Waals surface area contributed by atoms with Crippen LogP contribution in [0.1, 0.15) is 29.4 Å². The Hall–Kier alpha value is -0.850. The van der Waals surface area contributed by atoms with Crippen molar-refractivity contribution in [3.05, 3.63) is 29.8 Å². The smallest absolute Gasteiger partial charge is 0.260 e. The van der Waals surface area contributed by atoms with Gasteiger partial charge in [0.05, 0.1) is 4.58 Å². The van der Waals surface area contributed by atoms with Gasteiger partial charge in [0, 0.05) is 13.1 Å². The second-order valence-electron chi connectivity index (χ2n) is 6.67. The molecule has 1 N–H and O–H groups in total. The highest BCUT2D eigenvalue weighted by atomic mass is 32.2. The van der Waals surface area contributed by atoms with Crippen LogP contribution in [0.2, 0.25) is 0 Å². The minimum atomic E-state index is 0.102. The molecule has 1 amide bonds. The first-order valence-electron chi connectivity index (χ1n) is 9.14. The van der Waals surface area contributed by atoms with Gasteiger partial charge in [-0.3, -0.25) is 4.79 Å². The lowest BCUT2D eigenvalue weighted by Crippen LogP contribution is -2.42. The Kier molecular flexibility index (Phi) is 7.37. The normalized spacial score (nSPS) is 19.8. The summed E-state index contributed by atoms with van der Waals surface area (Å²) < 4.78 is 6.27. The Morgan fingerprint density at radius 2 is 1.88 bits per heavy atom. The van der Waals surface area contributed by atoms with E-state index in [1.807, 2.05) is 47.6 Å². The van der Waals surface area contributed by atoms with Crippen LogP contribution >= 0.6 is 23.5 Å². The van der Waals surface area contributed by atoms with E-state index in [0.717, 1.165) is 38.2 Å². The molecule has 1 aromatic rings. The summed E-state index contributed by atoms with van der Waals surface area (Å²) in [6.45, 7) is 2.89. The van der Waals surface area contributed by atoms with Crippen molar-refractivity contribution < 1.29 is 9.53 Å². The quantitative estimate of drug-likeness (QED) is 0.819. The Morgan fingerprint density at radius 1 is 1.20 bits per heavy atom. The summed E-state index contributed by atoms with van der Waals surface area (Å²) in [5, 5.41) is 3.23. The molecule has 0 atom stereocenters. The van der Waals surface area contributed by atoms with Crippen molar-refractivity contribution in [2.45, 2.75) is 23.8 Å². The average molecular weight is 381 g/mol. The van der Waals surface area contributed by atoms with Crippen LogP contribution in [0.15, 0.2) is 24.3 Å². The first kappa shape index (κ1) is 18.9. The largest absolute Gasteiger partial charge is 0.484 e. The molecule has 0 saturated carbocycles. The van der Waals surface area contributed by atoms with E-state index in [-0.39, 0.29) is 12.5 Å². The maximum atomic E-state index is 12.3. The fourth-order valence-electron chi connectivity index (χ4n) is 3.31. The zero-order chi connectivity index (χ0) is 17.5. The van der Waals surface area contributed by atoms with Crippen molar-refractivity contribution in [1.82, 2.24) is 10.2 Å². The number of carbonyl (C=O) groups excluding carboxylic acids is 1. The summed E-state index contributed by atoms with van der Waals surface area (Å²) in [4.78, 5) is 14.3. The number of benzene rings is 1. The Balaban J connectivity index is 1.43. The van der Waals surface area contributed by atoms with Gasteiger partial charge in [-0.2, -0.15) is 0 Å². The zero-order valence-corrected chi connectivity index (χ0v) is 16.5. The molecule has 0 spiro atoms. The SMILES string of the molecule is CNCC1CCN(C(=O)COc2ccc(C3SCCCS3)cc2)CC1. The molecule has 0 bridgehead atoms. The lowest BCUT2D eigenvalue weighted by Gasteiger charge is -2.31. The molecule has 2 aliphatic heterocycles. The predicted molar refractivity (Wildman–Crippen MR) is 107 cm³/mol. The number of ether oxygens (including phenoxy) is 1. The lowest BCUT2D eigenvalue weighted by molar-refractivity contribution is -0.134. The van der Waals surface area contributed by atoms with Crippen LogP contribution in [0.25, 0.3) is 0 Å². The third-order valence-corrected chi connectivity index (χ3v) is 7.82. The van der Waals surface area contributed by atoms with Crippen LogP contribution in [0.3, 0.4) is 0 Å². The van der Waals surface area contributed by atoms with E-state index in [1.54, 1.807) is 0 Å². The first-order valence-corrected chi connectivity index (χ1v) is 11.2. The number of piperidine rings is 1. The Morgan fingerprint density at radius 3 is 2.52 bits per heavy atom. The van der Waals surface area contributed by atoms with Gasteiger partial charge in [-0.05, 0) is 68.0 Å². The molecule has 4 nitrogen and oxygen atoms in total. The molecular weight excluding hydrogens is 352 g/mol. The second-order valence-corrected chi connectivity index (χ2v) is 9.39. The molecule has 1 aromatic carbocycles. The van der Waals surface area contributed by atoms with E-state index in [9.17, 15) is 4.79 Å². The van der Waals surface area contributed by atoms with E-state index in [4.69, 9.17) is 4.74 Å². The van der Waals surface area contributed by atoms with Crippen LogP contribution < -0.4 is 10.1 Å². The van der Waals surface area contributed by atoms with Crippen molar-refractivity contribution in [2.75, 3.05) is 44.8 Å². The predicted octanol–water partition coefficient (Wildman–Crippen LogP) is 3.39. The highest BCUT2D eigenvalue weighted by molar-refractivity contribution is 8.16. The number of thioether (sulfide) groups is 2. The van der Waals surface area contributed by atoms with Crippen LogP contribution in [-0.4, -0.2) is 55.6 Å². The maximum absolute atomic E-state index is 12.3. The van der Waals surface area contributed by atoms with Gasteiger partial charge in [-0.15, -0.1) is 23.5 Å². The molecule has 3 rings (SSSR count). The van der Waals surface area contributed by atoms with Crippen LogP contribution in [0.5, 0.6) is 5.75 Å². The topological polar surface area (TPSA) is 41.6 Å². The zero-order valence-electron chi connectivity index (χ0n) is 14.9. The first-order chi connectivity index (χ1) is 12.3. The molecule has 2 heterocycles. The number of nitrogens with zero attached hydrogens (tertiary/aromatic N) is 1. The van der Waals surface area contributed by atoms with Crippen LogP contribution in [0, 0.1) is 5.92 Å². The number of hydrogen-bond acceptors (Lipinski definition) is 5. The van der Waals surface area contributed by atoms with Gasteiger partial charge >= 0.3 is 0 Å². The summed E-state index contributed by atoms with van der Waals surface area (Å²) in [6.07, 6.45) is 3.47. The number of amides is 1. The van der Waals surface area contributed by atoms with Gasteiger partial charge in [0.1, 0.15) is 5.75 Å². The third kappa shape index (κ3) is 5.56. The molecular formula is C19H28N2O2S2. The molecule has 25 heavy (non-hydrogen) atoms. The molecule has 0 aliphatic carbocycles. The maximum Gasteiger partial charge on any atom is 0.260 e. The van der Waals surface area contributed by atoms with Crippen molar-refractivity contribution in [1.29, 1.82) is 0 Å². The van der Waals surface area contributed by atoms with Crippen molar-refractivity contribution in [3.63, 3.8) is 0 Å². The molecule has 0 aromatic heterocycles. The number of nitrogens with one attached hydrogen (secondary N) is 1. The fraction of sp³-hybridized carbons (Fsp3) is 0.632.